The molecule has 3 nitrogen and oxygen atoms in total. The van der Waals surface area contributed by atoms with E-state index in [-0.39, 0.29) is 0 Å². The lowest BCUT2D eigenvalue weighted by atomic mass is 10.0. The number of methoxy groups -OCH3 is 1. The molecular weight excluding hydrogens is 212 g/mol. The van der Waals surface area contributed by atoms with Crippen LogP contribution in [0, 0.1) is 5.92 Å². The van der Waals surface area contributed by atoms with Gasteiger partial charge in [0.1, 0.15) is 0 Å². The van der Waals surface area contributed by atoms with Crippen LogP contribution < -0.4 is 5.73 Å². The second kappa shape index (κ2) is 9.86. The van der Waals surface area contributed by atoms with E-state index < -0.39 is 0 Å². The number of hydrogen-bond donors (Lipinski definition) is 1. The van der Waals surface area contributed by atoms with E-state index in [1.165, 1.54) is 19.4 Å². The van der Waals surface area contributed by atoms with Crippen molar-refractivity contribution in [1.82, 2.24) is 4.90 Å². The quantitative estimate of drug-likeness (QED) is 0.642. The van der Waals surface area contributed by atoms with Crippen molar-refractivity contribution >= 4 is 0 Å². The third-order valence-corrected chi connectivity index (χ3v) is 3.22. The Labute approximate surface area is 108 Å². The van der Waals surface area contributed by atoms with E-state index in [4.69, 9.17) is 10.5 Å². The maximum absolute atomic E-state index is 5.77. The average molecular weight is 244 g/mol. The van der Waals surface area contributed by atoms with Crippen LogP contribution in [0.3, 0.4) is 0 Å². The number of hydrogen-bond acceptors (Lipinski definition) is 3. The molecule has 3 heteroatoms. The maximum Gasteiger partial charge on any atom is 0.0589 e. The predicted octanol–water partition coefficient (Wildman–Crippen LogP) is 2.50. The van der Waals surface area contributed by atoms with Crippen molar-refractivity contribution in [3.05, 3.63) is 0 Å². The van der Waals surface area contributed by atoms with Crippen LogP contribution in [0.2, 0.25) is 0 Å². The van der Waals surface area contributed by atoms with E-state index in [2.05, 4.69) is 32.6 Å². The Balaban J connectivity index is 3.82. The summed E-state index contributed by atoms with van der Waals surface area (Å²) in [6, 6.07) is 0.943. The molecule has 0 aliphatic rings. The van der Waals surface area contributed by atoms with Gasteiger partial charge in [-0.25, -0.2) is 0 Å². The molecule has 0 fully saturated rings. The van der Waals surface area contributed by atoms with Crippen molar-refractivity contribution in [3.63, 3.8) is 0 Å². The first kappa shape index (κ1) is 16.9. The normalized spacial score (nSPS) is 15.5. The van der Waals surface area contributed by atoms with Crippen LogP contribution in [0.25, 0.3) is 0 Å². The minimum atomic E-state index is 0.344. The molecule has 17 heavy (non-hydrogen) atoms. The standard InChI is InChI=1S/C14H32N2O/c1-12(2)16(9-10-17-5)11-13(3)7-6-8-14(4)15/h12-14H,6-11,15H2,1-5H3. The third-order valence-electron chi connectivity index (χ3n) is 3.22. The first-order chi connectivity index (χ1) is 7.97. The van der Waals surface area contributed by atoms with Crippen molar-refractivity contribution in [3.8, 4) is 0 Å². The Bertz CT molecular complexity index is 172. The largest absolute Gasteiger partial charge is 0.383 e. The zero-order valence-corrected chi connectivity index (χ0v) is 12.4. The average Bonchev–Trinajstić information content (AvgIpc) is 2.23. The van der Waals surface area contributed by atoms with E-state index in [1.807, 2.05) is 0 Å². The summed E-state index contributed by atoms with van der Waals surface area (Å²) in [5.74, 6) is 0.744. The molecule has 0 saturated carbocycles. The molecule has 0 saturated heterocycles. The maximum atomic E-state index is 5.77. The van der Waals surface area contributed by atoms with Gasteiger partial charge in [-0.15, -0.1) is 0 Å². The molecule has 0 aromatic heterocycles. The van der Waals surface area contributed by atoms with Crippen LogP contribution >= 0.6 is 0 Å². The zero-order chi connectivity index (χ0) is 13.3. The highest BCUT2D eigenvalue weighted by Gasteiger charge is 2.13. The third kappa shape index (κ3) is 9.57. The fraction of sp³-hybridized carbons (Fsp3) is 1.00. The Morgan fingerprint density at radius 2 is 1.76 bits per heavy atom. The zero-order valence-electron chi connectivity index (χ0n) is 12.4. The van der Waals surface area contributed by atoms with Gasteiger partial charge in [-0.1, -0.05) is 13.3 Å². The molecule has 2 unspecified atom stereocenters. The van der Waals surface area contributed by atoms with Crippen molar-refractivity contribution in [2.45, 2.75) is 59.0 Å². The summed E-state index contributed by atoms with van der Waals surface area (Å²) in [5, 5.41) is 0. The minimum absolute atomic E-state index is 0.344. The van der Waals surface area contributed by atoms with Gasteiger partial charge in [-0.2, -0.15) is 0 Å². The number of rotatable bonds is 10. The molecule has 104 valence electrons. The number of ether oxygens (including phenoxy) is 1. The van der Waals surface area contributed by atoms with Crippen molar-refractivity contribution in [2.75, 3.05) is 26.8 Å². The molecule has 2 N–H and O–H groups in total. The second-order valence-corrected chi connectivity index (χ2v) is 5.59. The highest BCUT2D eigenvalue weighted by Crippen LogP contribution is 2.12. The van der Waals surface area contributed by atoms with Gasteiger partial charge in [-0.05, 0) is 39.5 Å². The van der Waals surface area contributed by atoms with Gasteiger partial charge in [0, 0.05) is 32.3 Å². The van der Waals surface area contributed by atoms with E-state index >= 15 is 0 Å². The van der Waals surface area contributed by atoms with Crippen LogP contribution in [0.5, 0.6) is 0 Å². The van der Waals surface area contributed by atoms with Gasteiger partial charge >= 0.3 is 0 Å². The van der Waals surface area contributed by atoms with E-state index in [0.29, 0.717) is 12.1 Å². The number of nitrogens with zero attached hydrogens (tertiary/aromatic N) is 1. The summed E-state index contributed by atoms with van der Waals surface area (Å²) in [5.41, 5.74) is 5.77. The summed E-state index contributed by atoms with van der Waals surface area (Å²) < 4.78 is 5.16. The van der Waals surface area contributed by atoms with Crippen LogP contribution in [0.15, 0.2) is 0 Å². The summed E-state index contributed by atoms with van der Waals surface area (Å²) in [4.78, 5) is 2.50. The lowest BCUT2D eigenvalue weighted by molar-refractivity contribution is 0.117. The van der Waals surface area contributed by atoms with E-state index in [1.54, 1.807) is 7.11 Å². The molecule has 0 radical (unpaired) electrons. The highest BCUT2D eigenvalue weighted by molar-refractivity contribution is 4.67. The first-order valence-corrected chi connectivity index (χ1v) is 6.96. The molecule has 0 aliphatic heterocycles. The van der Waals surface area contributed by atoms with Crippen molar-refractivity contribution in [1.29, 1.82) is 0 Å². The van der Waals surface area contributed by atoms with Crippen LogP contribution in [-0.4, -0.2) is 43.8 Å². The monoisotopic (exact) mass is 244 g/mol. The van der Waals surface area contributed by atoms with Gasteiger partial charge in [0.2, 0.25) is 0 Å². The van der Waals surface area contributed by atoms with Crippen molar-refractivity contribution < 1.29 is 4.74 Å². The van der Waals surface area contributed by atoms with Gasteiger partial charge in [0.25, 0.3) is 0 Å². The Hall–Kier alpha value is -0.120. The minimum Gasteiger partial charge on any atom is -0.383 e. The lowest BCUT2D eigenvalue weighted by Gasteiger charge is -2.29. The Kier molecular flexibility index (Phi) is 9.79. The fourth-order valence-corrected chi connectivity index (χ4v) is 2.05. The SMILES string of the molecule is COCCN(CC(C)CCCC(C)N)C(C)C. The molecule has 0 aliphatic carbocycles. The summed E-state index contributed by atoms with van der Waals surface area (Å²) in [6.07, 6.45) is 3.66. The summed E-state index contributed by atoms with van der Waals surface area (Å²) in [7, 11) is 1.77. The topological polar surface area (TPSA) is 38.5 Å². The fourth-order valence-electron chi connectivity index (χ4n) is 2.05. The molecular formula is C14H32N2O. The number of nitrogens with two attached hydrogens (primary N) is 1. The Morgan fingerprint density at radius 3 is 2.24 bits per heavy atom. The molecule has 0 aromatic rings. The second-order valence-electron chi connectivity index (χ2n) is 5.59. The Morgan fingerprint density at radius 1 is 1.12 bits per heavy atom. The first-order valence-electron chi connectivity index (χ1n) is 6.96. The van der Waals surface area contributed by atoms with E-state index in [9.17, 15) is 0 Å². The highest BCUT2D eigenvalue weighted by atomic mass is 16.5. The summed E-state index contributed by atoms with van der Waals surface area (Å²) >= 11 is 0. The van der Waals surface area contributed by atoms with Gasteiger partial charge in [-0.3, -0.25) is 4.90 Å². The smallest absolute Gasteiger partial charge is 0.0589 e. The lowest BCUT2D eigenvalue weighted by Crippen LogP contribution is -2.37. The van der Waals surface area contributed by atoms with Crippen molar-refractivity contribution in [2.24, 2.45) is 11.7 Å². The van der Waals surface area contributed by atoms with Crippen LogP contribution in [-0.2, 0) is 4.74 Å². The predicted molar refractivity (Wildman–Crippen MR) is 75.2 cm³/mol. The molecule has 0 heterocycles. The van der Waals surface area contributed by atoms with Crippen LogP contribution in [0.1, 0.15) is 47.0 Å². The van der Waals surface area contributed by atoms with E-state index in [0.717, 1.165) is 25.5 Å². The molecule has 2 atom stereocenters. The van der Waals surface area contributed by atoms with Gasteiger partial charge in [0.15, 0.2) is 0 Å². The molecule has 0 bridgehead atoms. The molecule has 0 rings (SSSR count). The molecule has 0 spiro atoms. The molecule has 0 amide bonds. The van der Waals surface area contributed by atoms with Gasteiger partial charge in [0.05, 0.1) is 6.61 Å². The molecule has 0 aromatic carbocycles. The van der Waals surface area contributed by atoms with Crippen LogP contribution in [0.4, 0.5) is 0 Å². The van der Waals surface area contributed by atoms with Gasteiger partial charge < -0.3 is 10.5 Å². The summed E-state index contributed by atoms with van der Waals surface area (Å²) in [6.45, 7) is 12.0.